The number of nitrogens with one attached hydrogen (secondary N) is 1. The first-order chi connectivity index (χ1) is 7.63. The van der Waals surface area contributed by atoms with Gasteiger partial charge >= 0.3 is 5.97 Å². The van der Waals surface area contributed by atoms with Gasteiger partial charge in [0.2, 0.25) is 0 Å². The Morgan fingerprint density at radius 1 is 1.69 bits per heavy atom. The maximum Gasteiger partial charge on any atom is 0.354 e. The average molecular weight is 304 g/mol. The van der Waals surface area contributed by atoms with Crippen molar-refractivity contribution >= 4 is 44.4 Å². The van der Waals surface area contributed by atoms with Crippen LogP contribution in [0.25, 0.3) is 10.9 Å². The number of carbonyl (C=O) groups is 1. The Morgan fingerprint density at radius 2 is 2.44 bits per heavy atom. The van der Waals surface area contributed by atoms with Crippen LogP contribution in [-0.2, 0) is 4.74 Å². The third kappa shape index (κ3) is 1.92. The molecular formula is C10H8BrClN2O2. The van der Waals surface area contributed by atoms with E-state index in [9.17, 15) is 4.79 Å². The normalized spacial score (nSPS) is 10.7. The number of aromatic nitrogens is 2. The molecule has 0 atom stereocenters. The highest BCUT2D eigenvalue weighted by atomic mass is 79.9. The highest BCUT2D eigenvalue weighted by Gasteiger charge is 2.14. The molecule has 0 aliphatic rings. The van der Waals surface area contributed by atoms with E-state index in [1.807, 2.05) is 0 Å². The van der Waals surface area contributed by atoms with E-state index in [-0.39, 0.29) is 0 Å². The lowest BCUT2D eigenvalue weighted by atomic mass is 10.3. The summed E-state index contributed by atoms with van der Waals surface area (Å²) in [5.41, 5.74) is 1.11. The first kappa shape index (κ1) is 11.4. The predicted octanol–water partition coefficient (Wildman–Crippen LogP) is 3.16. The summed E-state index contributed by atoms with van der Waals surface area (Å²) in [5.74, 6) is -0.401. The summed E-state index contributed by atoms with van der Waals surface area (Å²) in [6.45, 7) is 2.09. The summed E-state index contributed by atoms with van der Waals surface area (Å²) in [5, 5.41) is 1.05. The van der Waals surface area contributed by atoms with Gasteiger partial charge in [0.15, 0.2) is 0 Å². The molecule has 0 radical (unpaired) electrons. The Balaban J connectivity index is 2.55. The van der Waals surface area contributed by atoms with Gasteiger partial charge in [0.1, 0.15) is 10.8 Å². The molecule has 0 saturated heterocycles. The minimum atomic E-state index is -0.401. The zero-order valence-corrected chi connectivity index (χ0v) is 10.7. The zero-order chi connectivity index (χ0) is 11.7. The summed E-state index contributed by atoms with van der Waals surface area (Å²) >= 11 is 9.25. The van der Waals surface area contributed by atoms with Gasteiger partial charge in [-0.25, -0.2) is 9.78 Å². The molecule has 84 valence electrons. The van der Waals surface area contributed by atoms with Crippen molar-refractivity contribution in [2.75, 3.05) is 6.61 Å². The van der Waals surface area contributed by atoms with Crippen molar-refractivity contribution in [2.24, 2.45) is 0 Å². The van der Waals surface area contributed by atoms with Crippen molar-refractivity contribution in [2.45, 2.75) is 6.92 Å². The van der Waals surface area contributed by atoms with Gasteiger partial charge in [0, 0.05) is 11.6 Å². The molecule has 0 aromatic carbocycles. The van der Waals surface area contributed by atoms with Crippen LogP contribution in [0.5, 0.6) is 0 Å². The second kappa shape index (κ2) is 4.43. The lowest BCUT2D eigenvalue weighted by molar-refractivity contribution is 0.0520. The highest BCUT2D eigenvalue weighted by molar-refractivity contribution is 9.10. The van der Waals surface area contributed by atoms with Crippen LogP contribution in [0, 0.1) is 0 Å². The quantitative estimate of drug-likeness (QED) is 0.685. The van der Waals surface area contributed by atoms with E-state index in [2.05, 4.69) is 25.9 Å². The number of rotatable bonds is 2. The van der Waals surface area contributed by atoms with Gasteiger partial charge in [-0.3, -0.25) is 0 Å². The van der Waals surface area contributed by atoms with E-state index in [4.69, 9.17) is 16.3 Å². The molecule has 0 fully saturated rings. The fourth-order valence-corrected chi connectivity index (χ4v) is 1.98. The molecule has 6 heteroatoms. The molecule has 2 aromatic heterocycles. The monoisotopic (exact) mass is 302 g/mol. The fraction of sp³-hybridized carbons (Fsp3) is 0.200. The summed E-state index contributed by atoms with van der Waals surface area (Å²) in [6, 6.07) is 1.63. The predicted molar refractivity (Wildman–Crippen MR) is 64.8 cm³/mol. The van der Waals surface area contributed by atoms with Crippen LogP contribution in [-0.4, -0.2) is 22.5 Å². The van der Waals surface area contributed by atoms with E-state index >= 15 is 0 Å². The molecular weight excluding hydrogens is 295 g/mol. The number of hydrogen-bond acceptors (Lipinski definition) is 3. The Hall–Kier alpha value is -1.07. The Morgan fingerprint density at radius 3 is 3.06 bits per heavy atom. The van der Waals surface area contributed by atoms with Gasteiger partial charge in [-0.2, -0.15) is 0 Å². The molecule has 0 aliphatic heterocycles. The number of ether oxygens (including phenoxy) is 1. The number of aromatic amines is 1. The number of carbonyl (C=O) groups excluding carboxylic acids is 1. The Bertz CT molecular complexity index is 514. The van der Waals surface area contributed by atoms with Gasteiger partial charge in [0.25, 0.3) is 0 Å². The average Bonchev–Trinajstić information content (AvgIpc) is 2.70. The molecule has 2 heterocycles. The molecule has 0 bridgehead atoms. The van der Waals surface area contributed by atoms with E-state index in [1.54, 1.807) is 19.2 Å². The highest BCUT2D eigenvalue weighted by Crippen LogP contribution is 2.28. The number of fused-ring (bicyclic) bond motifs is 1. The molecule has 4 nitrogen and oxygen atoms in total. The molecule has 2 rings (SSSR count). The van der Waals surface area contributed by atoms with Crippen LogP contribution in [0.3, 0.4) is 0 Å². The maximum absolute atomic E-state index is 11.5. The molecule has 0 amide bonds. The van der Waals surface area contributed by atoms with Crippen LogP contribution >= 0.6 is 27.5 Å². The van der Waals surface area contributed by atoms with Gasteiger partial charge < -0.3 is 9.72 Å². The van der Waals surface area contributed by atoms with Crippen molar-refractivity contribution in [3.8, 4) is 0 Å². The molecule has 0 unspecified atom stereocenters. The summed E-state index contributed by atoms with van der Waals surface area (Å²) in [6.07, 6.45) is 1.58. The second-order valence-electron chi connectivity index (χ2n) is 3.09. The van der Waals surface area contributed by atoms with Crippen molar-refractivity contribution in [1.82, 2.24) is 9.97 Å². The molecule has 0 saturated carbocycles. The standard InChI is InChI=1S/C10H8BrClN2O2/c1-2-16-10(15)7-3-5-8(14-7)6(11)4-13-9(5)12/h3-4,14H,2H2,1H3. The number of hydrogen-bond donors (Lipinski definition) is 1. The number of pyridine rings is 1. The third-order valence-corrected chi connectivity index (χ3v) is 2.97. The molecule has 16 heavy (non-hydrogen) atoms. The lowest BCUT2D eigenvalue weighted by Gasteiger charge is -1.97. The van der Waals surface area contributed by atoms with Gasteiger partial charge in [-0.1, -0.05) is 11.6 Å². The molecule has 2 aromatic rings. The lowest BCUT2D eigenvalue weighted by Crippen LogP contribution is -2.04. The van der Waals surface area contributed by atoms with E-state index in [0.717, 1.165) is 9.99 Å². The van der Waals surface area contributed by atoms with Crippen molar-refractivity contribution in [3.63, 3.8) is 0 Å². The minimum Gasteiger partial charge on any atom is -0.461 e. The van der Waals surface area contributed by atoms with Crippen LogP contribution in [0.2, 0.25) is 5.15 Å². The maximum atomic E-state index is 11.5. The topological polar surface area (TPSA) is 55.0 Å². The number of H-pyrrole nitrogens is 1. The van der Waals surface area contributed by atoms with Crippen molar-refractivity contribution in [1.29, 1.82) is 0 Å². The zero-order valence-electron chi connectivity index (χ0n) is 8.38. The van der Waals surface area contributed by atoms with Gasteiger partial charge in [-0.15, -0.1) is 0 Å². The third-order valence-electron chi connectivity index (χ3n) is 2.07. The van der Waals surface area contributed by atoms with E-state index in [1.165, 1.54) is 0 Å². The number of halogens is 2. The SMILES string of the molecule is CCOC(=O)c1cc2c(Cl)ncc(Br)c2[nH]1. The van der Waals surface area contributed by atoms with Gasteiger partial charge in [0.05, 0.1) is 16.6 Å². The van der Waals surface area contributed by atoms with Crippen LogP contribution in [0.1, 0.15) is 17.4 Å². The van der Waals surface area contributed by atoms with Crippen molar-refractivity contribution in [3.05, 3.63) is 27.6 Å². The summed E-state index contributed by atoms with van der Waals surface area (Å²) in [7, 11) is 0. The first-order valence-corrected chi connectivity index (χ1v) is 5.80. The van der Waals surface area contributed by atoms with Gasteiger partial charge in [-0.05, 0) is 28.9 Å². The fourth-order valence-electron chi connectivity index (χ4n) is 1.37. The number of esters is 1. The Labute approximate surface area is 105 Å². The summed E-state index contributed by atoms with van der Waals surface area (Å²) < 4.78 is 5.64. The molecule has 0 spiro atoms. The van der Waals surface area contributed by atoms with E-state index < -0.39 is 5.97 Å². The second-order valence-corrected chi connectivity index (χ2v) is 4.30. The summed E-state index contributed by atoms with van der Waals surface area (Å²) in [4.78, 5) is 18.4. The smallest absolute Gasteiger partial charge is 0.354 e. The van der Waals surface area contributed by atoms with Crippen LogP contribution < -0.4 is 0 Å². The van der Waals surface area contributed by atoms with Crippen molar-refractivity contribution < 1.29 is 9.53 Å². The Kier molecular flexibility index (Phi) is 3.16. The van der Waals surface area contributed by atoms with E-state index in [0.29, 0.717) is 22.8 Å². The minimum absolute atomic E-state index is 0.335. The largest absolute Gasteiger partial charge is 0.461 e. The molecule has 1 N–H and O–H groups in total. The first-order valence-electron chi connectivity index (χ1n) is 4.63. The number of nitrogens with zero attached hydrogens (tertiary/aromatic N) is 1. The van der Waals surface area contributed by atoms with Crippen LogP contribution in [0.4, 0.5) is 0 Å². The van der Waals surface area contributed by atoms with Crippen LogP contribution in [0.15, 0.2) is 16.7 Å². The molecule has 0 aliphatic carbocycles.